The standard InChI is InChI=1S/C12H23NO2.ClH/c1-10(2)11-6-5-9-13(11)8-4-3-7-12(14)15;/h10-11H,3-9H2,1-2H3,(H,14,15);1H. The Kier molecular flexibility index (Phi) is 7.77. The second kappa shape index (κ2) is 7.91. The van der Waals surface area contributed by atoms with Crippen molar-refractivity contribution in [1.29, 1.82) is 0 Å². The van der Waals surface area contributed by atoms with E-state index in [9.17, 15) is 4.79 Å². The Morgan fingerprint density at radius 3 is 2.69 bits per heavy atom. The molecular formula is C12H24ClNO2. The number of aliphatic carboxylic acids is 1. The van der Waals surface area contributed by atoms with Gasteiger partial charge in [0.15, 0.2) is 0 Å². The minimum Gasteiger partial charge on any atom is -0.481 e. The monoisotopic (exact) mass is 249 g/mol. The van der Waals surface area contributed by atoms with Crippen molar-refractivity contribution in [3.05, 3.63) is 0 Å². The molecule has 1 rings (SSSR count). The summed E-state index contributed by atoms with van der Waals surface area (Å²) >= 11 is 0. The fraction of sp³-hybridized carbons (Fsp3) is 0.917. The average molecular weight is 250 g/mol. The minimum absolute atomic E-state index is 0. The van der Waals surface area contributed by atoms with Crippen LogP contribution in [-0.4, -0.2) is 35.1 Å². The van der Waals surface area contributed by atoms with Crippen molar-refractivity contribution in [2.45, 2.75) is 52.0 Å². The van der Waals surface area contributed by atoms with Crippen molar-refractivity contribution in [3.8, 4) is 0 Å². The molecule has 1 atom stereocenters. The van der Waals surface area contributed by atoms with Crippen molar-refractivity contribution in [3.63, 3.8) is 0 Å². The maximum absolute atomic E-state index is 10.4. The third-order valence-electron chi connectivity index (χ3n) is 3.27. The molecule has 0 aromatic heterocycles. The van der Waals surface area contributed by atoms with E-state index in [0.717, 1.165) is 31.3 Å². The van der Waals surface area contributed by atoms with E-state index in [0.29, 0.717) is 6.42 Å². The molecule has 0 bridgehead atoms. The molecular weight excluding hydrogens is 226 g/mol. The maximum Gasteiger partial charge on any atom is 0.303 e. The van der Waals surface area contributed by atoms with E-state index in [4.69, 9.17) is 5.11 Å². The first-order chi connectivity index (χ1) is 7.11. The quantitative estimate of drug-likeness (QED) is 0.736. The molecule has 1 N–H and O–H groups in total. The number of rotatable bonds is 6. The average Bonchev–Trinajstić information content (AvgIpc) is 2.60. The summed E-state index contributed by atoms with van der Waals surface area (Å²) in [5, 5.41) is 8.53. The molecule has 0 spiro atoms. The number of carboxylic acids is 1. The molecule has 1 heterocycles. The third kappa shape index (κ3) is 5.17. The fourth-order valence-corrected chi connectivity index (χ4v) is 2.48. The van der Waals surface area contributed by atoms with Crippen molar-refractivity contribution >= 4 is 18.4 Å². The van der Waals surface area contributed by atoms with Crippen molar-refractivity contribution in [2.24, 2.45) is 5.92 Å². The first-order valence-corrected chi connectivity index (χ1v) is 6.07. The number of unbranched alkanes of at least 4 members (excludes halogenated alkanes) is 1. The second-order valence-electron chi connectivity index (χ2n) is 4.84. The van der Waals surface area contributed by atoms with Crippen LogP contribution in [0.1, 0.15) is 46.0 Å². The lowest BCUT2D eigenvalue weighted by molar-refractivity contribution is -0.137. The zero-order chi connectivity index (χ0) is 11.3. The van der Waals surface area contributed by atoms with E-state index in [-0.39, 0.29) is 12.4 Å². The Hall–Kier alpha value is -0.280. The van der Waals surface area contributed by atoms with E-state index in [1.807, 2.05) is 0 Å². The first-order valence-electron chi connectivity index (χ1n) is 6.07. The smallest absolute Gasteiger partial charge is 0.303 e. The zero-order valence-corrected chi connectivity index (χ0v) is 11.1. The largest absolute Gasteiger partial charge is 0.481 e. The molecule has 0 radical (unpaired) electrons. The van der Waals surface area contributed by atoms with Crippen molar-refractivity contribution < 1.29 is 9.90 Å². The van der Waals surface area contributed by atoms with Crippen LogP contribution in [-0.2, 0) is 4.79 Å². The molecule has 3 nitrogen and oxygen atoms in total. The highest BCUT2D eigenvalue weighted by atomic mass is 35.5. The van der Waals surface area contributed by atoms with Crippen LogP contribution in [0.15, 0.2) is 0 Å². The second-order valence-corrected chi connectivity index (χ2v) is 4.84. The first kappa shape index (κ1) is 15.7. The minimum atomic E-state index is -0.670. The van der Waals surface area contributed by atoms with Gasteiger partial charge >= 0.3 is 5.97 Å². The number of nitrogens with zero attached hydrogens (tertiary/aromatic N) is 1. The summed E-state index contributed by atoms with van der Waals surface area (Å²) < 4.78 is 0. The van der Waals surface area contributed by atoms with E-state index >= 15 is 0 Å². The molecule has 96 valence electrons. The van der Waals surface area contributed by atoms with E-state index in [2.05, 4.69) is 18.7 Å². The van der Waals surface area contributed by atoms with Crippen LogP contribution in [0.5, 0.6) is 0 Å². The number of likely N-dealkylation sites (tertiary alicyclic amines) is 1. The normalized spacial score (nSPS) is 21.1. The highest BCUT2D eigenvalue weighted by molar-refractivity contribution is 5.85. The Morgan fingerprint density at radius 1 is 1.44 bits per heavy atom. The highest BCUT2D eigenvalue weighted by Gasteiger charge is 2.26. The van der Waals surface area contributed by atoms with Crippen LogP contribution >= 0.6 is 12.4 Å². The molecule has 0 aromatic carbocycles. The highest BCUT2D eigenvalue weighted by Crippen LogP contribution is 2.23. The van der Waals surface area contributed by atoms with Crippen LogP contribution in [0.25, 0.3) is 0 Å². The summed E-state index contributed by atoms with van der Waals surface area (Å²) in [4.78, 5) is 12.9. The topological polar surface area (TPSA) is 40.5 Å². The van der Waals surface area contributed by atoms with Gasteiger partial charge in [-0.25, -0.2) is 0 Å². The van der Waals surface area contributed by atoms with Gasteiger partial charge in [0, 0.05) is 12.5 Å². The van der Waals surface area contributed by atoms with Gasteiger partial charge in [0.2, 0.25) is 0 Å². The summed E-state index contributed by atoms with van der Waals surface area (Å²) in [5.74, 6) is 0.0591. The fourth-order valence-electron chi connectivity index (χ4n) is 2.48. The van der Waals surface area contributed by atoms with E-state index in [1.165, 1.54) is 19.4 Å². The molecule has 0 aromatic rings. The molecule has 0 aliphatic carbocycles. The predicted molar refractivity (Wildman–Crippen MR) is 68.2 cm³/mol. The zero-order valence-electron chi connectivity index (χ0n) is 10.3. The van der Waals surface area contributed by atoms with Gasteiger partial charge in [-0.2, -0.15) is 0 Å². The Balaban J connectivity index is 0.00000225. The number of hydrogen-bond acceptors (Lipinski definition) is 2. The molecule has 16 heavy (non-hydrogen) atoms. The molecule has 1 fully saturated rings. The summed E-state index contributed by atoms with van der Waals surface area (Å²) in [5.41, 5.74) is 0. The molecule has 4 heteroatoms. The Bertz CT molecular complexity index is 209. The summed E-state index contributed by atoms with van der Waals surface area (Å²) in [6.07, 6.45) is 4.78. The predicted octanol–water partition coefficient (Wildman–Crippen LogP) is 2.78. The Labute approximate surface area is 105 Å². The van der Waals surface area contributed by atoms with Crippen molar-refractivity contribution in [2.75, 3.05) is 13.1 Å². The van der Waals surface area contributed by atoms with Gasteiger partial charge in [-0.15, -0.1) is 12.4 Å². The number of halogens is 1. The molecule has 0 saturated carbocycles. The van der Waals surface area contributed by atoms with Gasteiger partial charge in [-0.1, -0.05) is 13.8 Å². The van der Waals surface area contributed by atoms with Crippen LogP contribution in [0.3, 0.4) is 0 Å². The van der Waals surface area contributed by atoms with Crippen LogP contribution in [0.4, 0.5) is 0 Å². The van der Waals surface area contributed by atoms with Gasteiger partial charge in [0.05, 0.1) is 0 Å². The third-order valence-corrected chi connectivity index (χ3v) is 3.27. The molecule has 1 aliphatic rings. The van der Waals surface area contributed by atoms with Crippen LogP contribution in [0.2, 0.25) is 0 Å². The lowest BCUT2D eigenvalue weighted by Gasteiger charge is -2.27. The van der Waals surface area contributed by atoms with E-state index in [1.54, 1.807) is 0 Å². The number of carbonyl (C=O) groups is 1. The van der Waals surface area contributed by atoms with E-state index < -0.39 is 5.97 Å². The lowest BCUT2D eigenvalue weighted by atomic mass is 10.0. The Morgan fingerprint density at radius 2 is 2.12 bits per heavy atom. The lowest BCUT2D eigenvalue weighted by Crippen LogP contribution is -2.34. The van der Waals surface area contributed by atoms with Gasteiger partial charge < -0.3 is 10.0 Å². The SMILES string of the molecule is CC(C)C1CCCN1CCCCC(=O)O.Cl. The van der Waals surface area contributed by atoms with Crippen molar-refractivity contribution in [1.82, 2.24) is 4.90 Å². The summed E-state index contributed by atoms with van der Waals surface area (Å²) in [6, 6.07) is 0.731. The van der Waals surface area contributed by atoms with Gasteiger partial charge in [-0.05, 0) is 44.7 Å². The molecule has 0 amide bonds. The maximum atomic E-state index is 10.4. The summed E-state index contributed by atoms with van der Waals surface area (Å²) in [7, 11) is 0. The number of hydrogen-bond donors (Lipinski definition) is 1. The molecule has 1 aliphatic heterocycles. The van der Waals surface area contributed by atoms with Gasteiger partial charge in [0.1, 0.15) is 0 Å². The van der Waals surface area contributed by atoms with Crippen LogP contribution < -0.4 is 0 Å². The molecule has 1 unspecified atom stereocenters. The van der Waals surface area contributed by atoms with Gasteiger partial charge in [-0.3, -0.25) is 4.79 Å². The summed E-state index contributed by atoms with van der Waals surface area (Å²) in [6.45, 7) is 6.84. The molecule has 1 saturated heterocycles. The van der Waals surface area contributed by atoms with Gasteiger partial charge in [0.25, 0.3) is 0 Å². The van der Waals surface area contributed by atoms with Crippen LogP contribution in [0, 0.1) is 5.92 Å². The number of carboxylic acid groups (broad SMARTS) is 1.